The summed E-state index contributed by atoms with van der Waals surface area (Å²) >= 11 is 0. The molecular weight excluding hydrogens is 378 g/mol. The van der Waals surface area contributed by atoms with Crippen molar-refractivity contribution in [3.05, 3.63) is 60.1 Å². The van der Waals surface area contributed by atoms with Gasteiger partial charge in [-0.3, -0.25) is 4.79 Å². The van der Waals surface area contributed by atoms with Crippen LogP contribution in [0.5, 0.6) is 5.75 Å². The number of benzene rings is 1. The van der Waals surface area contributed by atoms with E-state index in [4.69, 9.17) is 4.74 Å². The normalized spacial score (nSPS) is 16.7. The molecule has 2 aromatic heterocycles. The molecule has 0 saturated carbocycles. The third-order valence-corrected chi connectivity index (χ3v) is 4.60. The van der Waals surface area contributed by atoms with Crippen molar-refractivity contribution in [1.82, 2.24) is 9.38 Å². The second-order valence-electron chi connectivity index (χ2n) is 6.39. The van der Waals surface area contributed by atoms with E-state index in [2.05, 4.69) is 4.98 Å². The molecule has 1 fully saturated rings. The van der Waals surface area contributed by atoms with Crippen LogP contribution < -0.4 is 9.64 Å². The van der Waals surface area contributed by atoms with E-state index in [0.29, 0.717) is 11.3 Å². The Balaban J connectivity index is 1.60. The standard InChI is InChI=1S/C19H15F4N3O2/c20-13-8-12(28-6-2-16(22)23)9-14(21)19(13)15-10-18(27)26(15)11-1-4-25-5-3-24-17(25)7-11/h1,3-5,7-9,15-16H,2,6,10H2/t15-/m0/s1. The Morgan fingerprint density at radius 1 is 1.18 bits per heavy atom. The highest BCUT2D eigenvalue weighted by Gasteiger charge is 2.41. The number of anilines is 1. The molecule has 0 N–H and O–H groups in total. The van der Waals surface area contributed by atoms with Gasteiger partial charge in [0.2, 0.25) is 12.3 Å². The Kier molecular flexibility index (Phi) is 4.66. The lowest BCUT2D eigenvalue weighted by Crippen LogP contribution is -2.47. The summed E-state index contributed by atoms with van der Waals surface area (Å²) in [5.41, 5.74) is 0.819. The molecule has 1 saturated heterocycles. The van der Waals surface area contributed by atoms with E-state index in [1.54, 1.807) is 35.1 Å². The Morgan fingerprint density at radius 3 is 2.61 bits per heavy atom. The number of pyridine rings is 1. The molecule has 3 heterocycles. The predicted octanol–water partition coefficient (Wildman–Crippen LogP) is 4.12. The van der Waals surface area contributed by atoms with Gasteiger partial charge < -0.3 is 14.0 Å². The highest BCUT2D eigenvalue weighted by atomic mass is 19.3. The smallest absolute Gasteiger partial charge is 0.241 e. The summed E-state index contributed by atoms with van der Waals surface area (Å²) in [6.45, 7) is -0.353. The Labute approximate surface area is 157 Å². The predicted molar refractivity (Wildman–Crippen MR) is 92.5 cm³/mol. The van der Waals surface area contributed by atoms with Crippen LogP contribution in [0.1, 0.15) is 24.4 Å². The summed E-state index contributed by atoms with van der Waals surface area (Å²) < 4.78 is 60.2. The van der Waals surface area contributed by atoms with Crippen molar-refractivity contribution in [1.29, 1.82) is 0 Å². The topological polar surface area (TPSA) is 46.8 Å². The minimum absolute atomic E-state index is 0.0426. The van der Waals surface area contributed by atoms with Crippen LogP contribution in [-0.2, 0) is 4.79 Å². The minimum atomic E-state index is -2.56. The third kappa shape index (κ3) is 3.28. The molecule has 9 heteroatoms. The molecule has 3 aromatic rings. The highest BCUT2D eigenvalue weighted by molar-refractivity contribution is 6.01. The second kappa shape index (κ2) is 7.14. The van der Waals surface area contributed by atoms with Crippen LogP contribution in [0.4, 0.5) is 23.2 Å². The molecule has 0 aliphatic carbocycles. The molecule has 4 rings (SSSR count). The van der Waals surface area contributed by atoms with Gasteiger partial charge in [0.25, 0.3) is 0 Å². The third-order valence-electron chi connectivity index (χ3n) is 4.60. The minimum Gasteiger partial charge on any atom is -0.493 e. The number of halogens is 4. The summed E-state index contributed by atoms with van der Waals surface area (Å²) in [6.07, 6.45) is 1.90. The van der Waals surface area contributed by atoms with Gasteiger partial charge in [-0.05, 0) is 6.07 Å². The molecule has 0 spiro atoms. The fourth-order valence-electron chi connectivity index (χ4n) is 3.25. The lowest BCUT2D eigenvalue weighted by molar-refractivity contribution is -0.124. The van der Waals surface area contributed by atoms with Crippen LogP contribution in [0.15, 0.2) is 42.9 Å². The van der Waals surface area contributed by atoms with Crippen LogP contribution in [0, 0.1) is 11.6 Å². The molecular formula is C19H15F4N3O2. The molecule has 1 aliphatic heterocycles. The van der Waals surface area contributed by atoms with Gasteiger partial charge in [-0.1, -0.05) is 0 Å². The molecule has 1 aliphatic rings. The number of fused-ring (bicyclic) bond motifs is 1. The fraction of sp³-hybridized carbons (Fsp3) is 0.263. The van der Waals surface area contributed by atoms with Gasteiger partial charge in [0.05, 0.1) is 19.1 Å². The van der Waals surface area contributed by atoms with Gasteiger partial charge in [0.15, 0.2) is 0 Å². The van der Waals surface area contributed by atoms with E-state index in [9.17, 15) is 22.4 Å². The number of alkyl halides is 2. The second-order valence-corrected chi connectivity index (χ2v) is 6.39. The Morgan fingerprint density at radius 2 is 1.93 bits per heavy atom. The van der Waals surface area contributed by atoms with Gasteiger partial charge >= 0.3 is 0 Å². The zero-order chi connectivity index (χ0) is 19.8. The zero-order valence-corrected chi connectivity index (χ0v) is 14.5. The molecule has 28 heavy (non-hydrogen) atoms. The van der Waals surface area contributed by atoms with Gasteiger partial charge in [-0.15, -0.1) is 0 Å². The average molecular weight is 393 g/mol. The molecule has 0 unspecified atom stereocenters. The number of nitrogens with zero attached hydrogens (tertiary/aromatic N) is 3. The van der Waals surface area contributed by atoms with Crippen molar-refractivity contribution >= 4 is 17.2 Å². The number of imidazole rings is 1. The van der Waals surface area contributed by atoms with E-state index in [1.807, 2.05) is 0 Å². The van der Waals surface area contributed by atoms with Crippen LogP contribution in [-0.4, -0.2) is 28.3 Å². The summed E-state index contributed by atoms with van der Waals surface area (Å²) in [4.78, 5) is 17.6. The monoisotopic (exact) mass is 393 g/mol. The van der Waals surface area contributed by atoms with E-state index < -0.39 is 30.5 Å². The lowest BCUT2D eigenvalue weighted by atomic mass is 9.92. The van der Waals surface area contributed by atoms with Gasteiger partial charge in [-0.2, -0.15) is 0 Å². The Bertz CT molecular complexity index is 1010. The first-order valence-corrected chi connectivity index (χ1v) is 8.58. The van der Waals surface area contributed by atoms with Gasteiger partial charge in [0, 0.05) is 54.5 Å². The van der Waals surface area contributed by atoms with Crippen LogP contribution in [0.25, 0.3) is 5.65 Å². The molecule has 1 atom stereocenters. The molecule has 0 bridgehead atoms. The maximum absolute atomic E-state index is 14.6. The van der Waals surface area contributed by atoms with Crippen molar-refractivity contribution in [2.24, 2.45) is 0 Å². The first kappa shape index (κ1) is 18.3. The number of rotatable bonds is 6. The number of ether oxygens (including phenoxy) is 1. The maximum atomic E-state index is 14.6. The number of carbonyl (C=O) groups excluding carboxylic acids is 1. The van der Waals surface area contributed by atoms with Crippen LogP contribution in [0.2, 0.25) is 0 Å². The van der Waals surface area contributed by atoms with Crippen molar-refractivity contribution in [3.63, 3.8) is 0 Å². The van der Waals surface area contributed by atoms with Crippen LogP contribution in [0.3, 0.4) is 0 Å². The van der Waals surface area contributed by atoms with E-state index in [-0.39, 0.29) is 30.2 Å². The fourth-order valence-corrected chi connectivity index (χ4v) is 3.25. The number of carbonyl (C=O) groups is 1. The first-order chi connectivity index (χ1) is 13.4. The van der Waals surface area contributed by atoms with Crippen LogP contribution >= 0.6 is 0 Å². The van der Waals surface area contributed by atoms with E-state index >= 15 is 0 Å². The first-order valence-electron chi connectivity index (χ1n) is 8.58. The average Bonchev–Trinajstić information content (AvgIpc) is 3.08. The molecule has 146 valence electrons. The summed E-state index contributed by atoms with van der Waals surface area (Å²) in [7, 11) is 0. The molecule has 5 nitrogen and oxygen atoms in total. The maximum Gasteiger partial charge on any atom is 0.241 e. The number of β-lactam (4-membered cyclic amide) rings is 1. The number of hydrogen-bond donors (Lipinski definition) is 0. The van der Waals surface area contributed by atoms with Crippen molar-refractivity contribution in [2.45, 2.75) is 25.3 Å². The summed E-state index contributed by atoms with van der Waals surface area (Å²) in [5.74, 6) is -2.22. The zero-order valence-electron chi connectivity index (χ0n) is 14.5. The number of hydrogen-bond acceptors (Lipinski definition) is 3. The van der Waals surface area contributed by atoms with E-state index in [1.165, 1.54) is 4.90 Å². The summed E-state index contributed by atoms with van der Waals surface area (Å²) in [6, 6.07) is 4.41. The van der Waals surface area contributed by atoms with Crippen molar-refractivity contribution in [3.8, 4) is 5.75 Å². The quantitative estimate of drug-likeness (QED) is 0.468. The van der Waals surface area contributed by atoms with Gasteiger partial charge in [0.1, 0.15) is 23.0 Å². The summed E-state index contributed by atoms with van der Waals surface area (Å²) in [5, 5.41) is 0. The highest BCUT2D eigenvalue weighted by Crippen LogP contribution is 2.41. The van der Waals surface area contributed by atoms with E-state index in [0.717, 1.165) is 12.1 Å². The molecule has 1 aromatic carbocycles. The number of amides is 1. The van der Waals surface area contributed by atoms with Crippen molar-refractivity contribution < 1.29 is 27.1 Å². The molecule has 0 radical (unpaired) electrons. The molecule has 1 amide bonds. The largest absolute Gasteiger partial charge is 0.493 e. The SMILES string of the molecule is O=C1C[C@@H](c2c(F)cc(OCCC(F)F)cc2F)N1c1ccn2ccnc2c1. The Hall–Kier alpha value is -3.10. The lowest BCUT2D eigenvalue weighted by Gasteiger charge is -2.40. The van der Waals surface area contributed by atoms with Gasteiger partial charge in [-0.25, -0.2) is 22.5 Å². The number of aromatic nitrogens is 2. The van der Waals surface area contributed by atoms with Crippen molar-refractivity contribution in [2.75, 3.05) is 11.5 Å².